The van der Waals surface area contributed by atoms with E-state index < -0.39 is 7.12 Å². The standard InChI is InChI=1S/C11H16BNO2/c13-11-6-5-9(12(14)15)7-10(11)8-3-1-2-4-8/h5-8,14-15H,1-4,13H2. The summed E-state index contributed by atoms with van der Waals surface area (Å²) in [5.41, 5.74) is 8.29. The highest BCUT2D eigenvalue weighted by molar-refractivity contribution is 6.58. The van der Waals surface area contributed by atoms with Crippen molar-refractivity contribution in [2.75, 3.05) is 5.73 Å². The molecule has 2 rings (SSSR count). The van der Waals surface area contributed by atoms with Gasteiger partial charge < -0.3 is 15.8 Å². The van der Waals surface area contributed by atoms with Crippen LogP contribution in [0.4, 0.5) is 5.69 Å². The van der Waals surface area contributed by atoms with Crippen LogP contribution >= 0.6 is 0 Å². The Balaban J connectivity index is 2.31. The average molecular weight is 205 g/mol. The molecule has 0 unspecified atom stereocenters. The zero-order valence-electron chi connectivity index (χ0n) is 8.69. The lowest BCUT2D eigenvalue weighted by molar-refractivity contribution is 0.425. The fraction of sp³-hybridized carbons (Fsp3) is 0.455. The van der Waals surface area contributed by atoms with E-state index in [0.29, 0.717) is 11.4 Å². The number of hydrogen-bond donors (Lipinski definition) is 3. The van der Waals surface area contributed by atoms with Gasteiger partial charge in [0.2, 0.25) is 0 Å². The molecule has 1 aliphatic carbocycles. The summed E-state index contributed by atoms with van der Waals surface area (Å²) in [4.78, 5) is 0. The second-order valence-electron chi connectivity index (χ2n) is 4.24. The van der Waals surface area contributed by atoms with Crippen molar-refractivity contribution in [3.8, 4) is 0 Å². The fourth-order valence-electron chi connectivity index (χ4n) is 2.34. The summed E-state index contributed by atoms with van der Waals surface area (Å²) in [5.74, 6) is 0.503. The maximum absolute atomic E-state index is 9.10. The van der Waals surface area contributed by atoms with E-state index in [2.05, 4.69) is 0 Å². The molecule has 4 heteroatoms. The van der Waals surface area contributed by atoms with Crippen molar-refractivity contribution in [3.05, 3.63) is 23.8 Å². The Morgan fingerprint density at radius 2 is 1.87 bits per heavy atom. The summed E-state index contributed by atoms with van der Waals surface area (Å²) in [6.07, 6.45) is 4.82. The second kappa shape index (κ2) is 4.25. The highest BCUT2D eigenvalue weighted by Gasteiger charge is 2.21. The Bertz CT molecular complexity index is 348. The van der Waals surface area contributed by atoms with E-state index in [9.17, 15) is 0 Å². The van der Waals surface area contributed by atoms with Crippen LogP contribution in [0.1, 0.15) is 37.2 Å². The monoisotopic (exact) mass is 205 g/mol. The van der Waals surface area contributed by atoms with Crippen molar-refractivity contribution in [1.82, 2.24) is 0 Å². The first-order valence-electron chi connectivity index (χ1n) is 5.44. The molecule has 3 nitrogen and oxygen atoms in total. The van der Waals surface area contributed by atoms with Crippen molar-refractivity contribution >= 4 is 18.3 Å². The van der Waals surface area contributed by atoms with Crippen molar-refractivity contribution in [2.45, 2.75) is 31.6 Å². The molecule has 4 N–H and O–H groups in total. The third-order valence-electron chi connectivity index (χ3n) is 3.20. The third kappa shape index (κ3) is 2.16. The molecule has 1 aromatic rings. The predicted octanol–water partition coefficient (Wildman–Crippen LogP) is 0.606. The lowest BCUT2D eigenvalue weighted by atomic mass is 9.78. The maximum atomic E-state index is 9.10. The average Bonchev–Trinajstić information content (AvgIpc) is 2.71. The minimum atomic E-state index is -1.40. The number of nitrogens with two attached hydrogens (primary N) is 1. The third-order valence-corrected chi connectivity index (χ3v) is 3.20. The van der Waals surface area contributed by atoms with Gasteiger partial charge in [-0.1, -0.05) is 25.0 Å². The Kier molecular flexibility index (Phi) is 2.98. The van der Waals surface area contributed by atoms with Crippen LogP contribution in [0.2, 0.25) is 0 Å². The Morgan fingerprint density at radius 1 is 1.20 bits per heavy atom. The van der Waals surface area contributed by atoms with Crippen LogP contribution in [0.25, 0.3) is 0 Å². The smallest absolute Gasteiger partial charge is 0.423 e. The molecule has 1 fully saturated rings. The first-order chi connectivity index (χ1) is 7.18. The van der Waals surface area contributed by atoms with Crippen LogP contribution in [0, 0.1) is 0 Å². The summed E-state index contributed by atoms with van der Waals surface area (Å²) in [6, 6.07) is 5.26. The first-order valence-corrected chi connectivity index (χ1v) is 5.44. The summed E-state index contributed by atoms with van der Waals surface area (Å²) < 4.78 is 0. The van der Waals surface area contributed by atoms with E-state index in [1.165, 1.54) is 12.8 Å². The van der Waals surface area contributed by atoms with E-state index >= 15 is 0 Å². The molecule has 0 aliphatic heterocycles. The molecular weight excluding hydrogens is 189 g/mol. The highest BCUT2D eigenvalue weighted by Crippen LogP contribution is 2.36. The van der Waals surface area contributed by atoms with E-state index in [-0.39, 0.29) is 0 Å². The van der Waals surface area contributed by atoms with Crippen LogP contribution in [0.15, 0.2) is 18.2 Å². The molecule has 1 aromatic carbocycles. The number of hydrogen-bond acceptors (Lipinski definition) is 3. The SMILES string of the molecule is Nc1ccc(B(O)O)cc1C1CCCC1. The van der Waals surface area contributed by atoms with E-state index in [1.807, 2.05) is 6.07 Å². The number of anilines is 1. The van der Waals surface area contributed by atoms with E-state index in [4.69, 9.17) is 15.8 Å². The molecule has 80 valence electrons. The molecule has 0 aromatic heterocycles. The van der Waals surface area contributed by atoms with Crippen LogP contribution in [-0.4, -0.2) is 17.2 Å². The van der Waals surface area contributed by atoms with Gasteiger partial charge in [0.1, 0.15) is 0 Å². The van der Waals surface area contributed by atoms with Gasteiger partial charge in [-0.05, 0) is 35.9 Å². The molecule has 0 heterocycles. The summed E-state index contributed by atoms with van der Waals surface area (Å²) in [7, 11) is -1.40. The van der Waals surface area contributed by atoms with Crippen LogP contribution < -0.4 is 11.2 Å². The zero-order valence-corrected chi connectivity index (χ0v) is 8.69. The van der Waals surface area contributed by atoms with Crippen LogP contribution in [0.3, 0.4) is 0 Å². The van der Waals surface area contributed by atoms with Crippen molar-refractivity contribution < 1.29 is 10.0 Å². The van der Waals surface area contributed by atoms with Gasteiger partial charge in [-0.25, -0.2) is 0 Å². The number of benzene rings is 1. The molecular formula is C11H16BNO2. The second-order valence-corrected chi connectivity index (χ2v) is 4.24. The van der Waals surface area contributed by atoms with E-state index in [0.717, 1.165) is 24.1 Å². The summed E-state index contributed by atoms with van der Waals surface area (Å²) in [5, 5.41) is 18.2. The van der Waals surface area contributed by atoms with Gasteiger partial charge in [-0.15, -0.1) is 0 Å². The summed E-state index contributed by atoms with van der Waals surface area (Å²) in [6.45, 7) is 0. The molecule has 0 amide bonds. The molecule has 0 spiro atoms. The Hall–Kier alpha value is -0.995. The Morgan fingerprint density at radius 3 is 2.47 bits per heavy atom. The minimum absolute atomic E-state index is 0.503. The normalized spacial score (nSPS) is 16.9. The molecule has 1 aliphatic rings. The van der Waals surface area contributed by atoms with Crippen molar-refractivity contribution in [2.24, 2.45) is 0 Å². The zero-order chi connectivity index (χ0) is 10.8. The quantitative estimate of drug-likeness (QED) is 0.489. The first kappa shape index (κ1) is 10.5. The van der Waals surface area contributed by atoms with Gasteiger partial charge in [-0.3, -0.25) is 0 Å². The lowest BCUT2D eigenvalue weighted by Gasteiger charge is -2.14. The number of nitrogen functional groups attached to an aromatic ring is 1. The predicted molar refractivity (Wildman–Crippen MR) is 61.9 cm³/mol. The van der Waals surface area contributed by atoms with Crippen molar-refractivity contribution in [3.63, 3.8) is 0 Å². The molecule has 0 radical (unpaired) electrons. The molecule has 0 atom stereocenters. The molecule has 0 bridgehead atoms. The topological polar surface area (TPSA) is 66.5 Å². The minimum Gasteiger partial charge on any atom is -0.423 e. The highest BCUT2D eigenvalue weighted by atomic mass is 16.4. The largest absolute Gasteiger partial charge is 0.488 e. The van der Waals surface area contributed by atoms with Gasteiger partial charge >= 0.3 is 7.12 Å². The van der Waals surface area contributed by atoms with Gasteiger partial charge in [0.25, 0.3) is 0 Å². The summed E-state index contributed by atoms with van der Waals surface area (Å²) >= 11 is 0. The van der Waals surface area contributed by atoms with Crippen LogP contribution in [-0.2, 0) is 0 Å². The van der Waals surface area contributed by atoms with Crippen LogP contribution in [0.5, 0.6) is 0 Å². The van der Waals surface area contributed by atoms with Crippen molar-refractivity contribution in [1.29, 1.82) is 0 Å². The molecule has 1 saturated carbocycles. The van der Waals surface area contributed by atoms with Gasteiger partial charge in [0.15, 0.2) is 0 Å². The van der Waals surface area contributed by atoms with Gasteiger partial charge in [0.05, 0.1) is 0 Å². The lowest BCUT2D eigenvalue weighted by Crippen LogP contribution is -2.30. The molecule has 0 saturated heterocycles. The van der Waals surface area contributed by atoms with Gasteiger partial charge in [-0.2, -0.15) is 0 Å². The number of rotatable bonds is 2. The fourth-order valence-corrected chi connectivity index (χ4v) is 2.34. The van der Waals surface area contributed by atoms with E-state index in [1.54, 1.807) is 12.1 Å². The maximum Gasteiger partial charge on any atom is 0.488 e. The molecule has 15 heavy (non-hydrogen) atoms. The Labute approximate surface area is 90.1 Å². The van der Waals surface area contributed by atoms with Gasteiger partial charge in [0, 0.05) is 5.69 Å².